The van der Waals surface area contributed by atoms with Gasteiger partial charge in [-0.15, -0.1) is 5.10 Å². The van der Waals surface area contributed by atoms with E-state index in [1.54, 1.807) is 34.1 Å². The number of piperazine rings is 1. The van der Waals surface area contributed by atoms with Gasteiger partial charge in [0, 0.05) is 39.3 Å². The Morgan fingerprint density at radius 2 is 1.56 bits per heavy atom. The summed E-state index contributed by atoms with van der Waals surface area (Å²) in [4.78, 5) is 56.3. The number of piperidine rings is 1. The number of nitrogens with zero attached hydrogens (tertiary/aromatic N) is 4. The molecule has 232 valence electrons. The number of likely N-dealkylation sites (tertiary alicyclic amines) is 1. The first-order valence-corrected chi connectivity index (χ1v) is 14.9. The second kappa shape index (κ2) is 13.2. The van der Waals surface area contributed by atoms with Crippen LogP contribution in [0.25, 0.3) is 10.8 Å². The molecule has 12 heteroatoms. The normalized spacial score (nSPS) is 16.8. The Morgan fingerprint density at radius 1 is 0.844 bits per heavy atom. The molecule has 11 nitrogen and oxygen atoms in total. The number of hydrogen-bond donors (Lipinski definition) is 1. The molecular weight excluding hydrogens is 581 g/mol. The fraction of sp³-hybridized carbons (Fsp3) is 0.303. The minimum Gasteiger partial charge on any atom is -0.461 e. The molecule has 2 fully saturated rings. The molecule has 3 aromatic carbocycles. The summed E-state index contributed by atoms with van der Waals surface area (Å²) in [6.07, 6.45) is 1.35. The Kier molecular flexibility index (Phi) is 8.72. The lowest BCUT2D eigenvalue weighted by atomic mass is 9.98. The second-order valence-electron chi connectivity index (χ2n) is 11.1. The quantitative estimate of drug-likeness (QED) is 0.324. The number of benzene rings is 3. The van der Waals surface area contributed by atoms with Crippen LogP contribution in [0.3, 0.4) is 0 Å². The maximum atomic E-state index is 15.6. The fourth-order valence-corrected chi connectivity index (χ4v) is 5.69. The molecule has 0 bridgehead atoms. The molecule has 1 N–H and O–H groups in total. The van der Waals surface area contributed by atoms with Crippen LogP contribution in [0.15, 0.2) is 77.6 Å². The smallest absolute Gasteiger partial charge is 0.320 e. The minimum atomic E-state index is -0.850. The number of nitrogens with one attached hydrogen (secondary N) is 1. The molecule has 6 rings (SSSR count). The lowest BCUT2D eigenvalue weighted by Crippen LogP contribution is -2.55. The van der Waals surface area contributed by atoms with E-state index in [2.05, 4.69) is 10.2 Å². The average Bonchev–Trinajstić information content (AvgIpc) is 3.09. The van der Waals surface area contributed by atoms with Gasteiger partial charge < -0.3 is 24.2 Å². The third-order valence-corrected chi connectivity index (χ3v) is 8.15. The van der Waals surface area contributed by atoms with Gasteiger partial charge >= 0.3 is 12.0 Å². The number of aromatic amines is 1. The predicted octanol–water partition coefficient (Wildman–Crippen LogP) is 4.19. The fourth-order valence-electron chi connectivity index (χ4n) is 5.69. The highest BCUT2D eigenvalue weighted by atomic mass is 19.1. The van der Waals surface area contributed by atoms with Gasteiger partial charge in [-0.1, -0.05) is 48.5 Å². The van der Waals surface area contributed by atoms with Crippen molar-refractivity contribution in [2.75, 3.05) is 39.3 Å². The van der Waals surface area contributed by atoms with Crippen molar-refractivity contribution >= 4 is 28.7 Å². The van der Waals surface area contributed by atoms with Gasteiger partial charge in [0.1, 0.15) is 6.61 Å². The van der Waals surface area contributed by atoms with Crippen molar-refractivity contribution < 1.29 is 28.2 Å². The van der Waals surface area contributed by atoms with Gasteiger partial charge in [0.15, 0.2) is 11.6 Å². The maximum absolute atomic E-state index is 15.6. The van der Waals surface area contributed by atoms with E-state index in [4.69, 9.17) is 9.47 Å². The van der Waals surface area contributed by atoms with Crippen LogP contribution in [0.5, 0.6) is 11.6 Å². The Morgan fingerprint density at radius 3 is 2.33 bits per heavy atom. The van der Waals surface area contributed by atoms with E-state index in [-0.39, 0.29) is 68.5 Å². The van der Waals surface area contributed by atoms with Crippen LogP contribution in [0.2, 0.25) is 0 Å². The standard InChI is InChI=1S/C33H32FN5O6/c34-28-26(13-6-14-27(28)45-30-25-12-5-4-11-24(25)29(40)35-36-30)31(41)37-16-18-38(19-17-37)33(43)39-15-7-10-23(20-39)32(42)44-21-22-8-2-1-3-9-22/h1-6,8-9,11-14,23H,7,10,15-21H2,(H,35,40). The number of aromatic nitrogens is 2. The molecule has 4 aromatic rings. The molecule has 0 saturated carbocycles. The van der Waals surface area contributed by atoms with Gasteiger partial charge in [0.2, 0.25) is 5.88 Å². The molecular formula is C33H32FN5O6. The minimum absolute atomic E-state index is 0.00485. The van der Waals surface area contributed by atoms with E-state index in [9.17, 15) is 19.2 Å². The predicted molar refractivity (Wildman–Crippen MR) is 162 cm³/mol. The summed E-state index contributed by atoms with van der Waals surface area (Å²) in [5, 5.41) is 7.00. The Balaban J connectivity index is 1.05. The van der Waals surface area contributed by atoms with Gasteiger partial charge in [0.05, 0.1) is 22.3 Å². The molecule has 3 heterocycles. The summed E-state index contributed by atoms with van der Waals surface area (Å²) in [6.45, 7) is 2.00. The summed E-state index contributed by atoms with van der Waals surface area (Å²) in [5.74, 6) is -2.28. The van der Waals surface area contributed by atoms with Crippen molar-refractivity contribution in [2.24, 2.45) is 5.92 Å². The molecule has 2 aliphatic rings. The number of hydrogen-bond acceptors (Lipinski definition) is 7. The molecule has 0 spiro atoms. The molecule has 2 aliphatic heterocycles. The average molecular weight is 614 g/mol. The molecule has 45 heavy (non-hydrogen) atoms. The summed E-state index contributed by atoms with van der Waals surface area (Å²) in [7, 11) is 0. The molecule has 0 radical (unpaired) electrons. The maximum Gasteiger partial charge on any atom is 0.320 e. The lowest BCUT2D eigenvalue weighted by molar-refractivity contribution is -0.151. The largest absolute Gasteiger partial charge is 0.461 e. The number of esters is 1. The highest BCUT2D eigenvalue weighted by Crippen LogP contribution is 2.30. The number of urea groups is 1. The number of carbonyl (C=O) groups excluding carboxylic acids is 3. The number of carbonyl (C=O) groups is 3. The zero-order valence-electron chi connectivity index (χ0n) is 24.5. The second-order valence-corrected chi connectivity index (χ2v) is 11.1. The first-order valence-electron chi connectivity index (χ1n) is 14.9. The number of halogens is 1. The zero-order chi connectivity index (χ0) is 31.3. The van der Waals surface area contributed by atoms with E-state index < -0.39 is 23.2 Å². The van der Waals surface area contributed by atoms with Crippen LogP contribution < -0.4 is 10.3 Å². The number of amides is 3. The topological polar surface area (TPSA) is 125 Å². The molecule has 1 aromatic heterocycles. The highest BCUT2D eigenvalue weighted by Gasteiger charge is 2.34. The summed E-state index contributed by atoms with van der Waals surface area (Å²) >= 11 is 0. The number of H-pyrrole nitrogens is 1. The molecule has 2 saturated heterocycles. The monoisotopic (exact) mass is 613 g/mol. The van der Waals surface area contributed by atoms with Crippen LogP contribution >= 0.6 is 0 Å². The first kappa shape index (κ1) is 29.8. The SMILES string of the molecule is O=C(OCc1ccccc1)C1CCCN(C(=O)N2CCN(C(=O)c3cccc(Oc4n[nH]c(=O)c5ccccc45)c3F)CC2)C1. The van der Waals surface area contributed by atoms with Gasteiger partial charge in [-0.3, -0.25) is 14.4 Å². The molecule has 1 atom stereocenters. The van der Waals surface area contributed by atoms with Gasteiger partial charge in [-0.25, -0.2) is 14.3 Å². The van der Waals surface area contributed by atoms with Gasteiger partial charge in [0.25, 0.3) is 11.5 Å². The summed E-state index contributed by atoms with van der Waals surface area (Å²) < 4.78 is 26.8. The van der Waals surface area contributed by atoms with Crippen LogP contribution in [0, 0.1) is 11.7 Å². The summed E-state index contributed by atoms with van der Waals surface area (Å²) in [6, 6.07) is 20.2. The van der Waals surface area contributed by atoms with Crippen molar-refractivity contribution in [2.45, 2.75) is 19.4 Å². The van der Waals surface area contributed by atoms with Gasteiger partial charge in [-0.2, -0.15) is 0 Å². The van der Waals surface area contributed by atoms with Crippen LogP contribution in [0.1, 0.15) is 28.8 Å². The van der Waals surface area contributed by atoms with E-state index in [1.807, 2.05) is 30.3 Å². The van der Waals surface area contributed by atoms with Gasteiger partial charge in [-0.05, 0) is 42.7 Å². The Hall–Kier alpha value is -5.26. The number of ether oxygens (including phenoxy) is 2. The van der Waals surface area contributed by atoms with Crippen molar-refractivity contribution in [3.63, 3.8) is 0 Å². The van der Waals surface area contributed by atoms with E-state index >= 15 is 4.39 Å². The van der Waals surface area contributed by atoms with Crippen LogP contribution in [-0.2, 0) is 16.1 Å². The molecule has 1 unspecified atom stereocenters. The van der Waals surface area contributed by atoms with Crippen molar-refractivity contribution in [1.82, 2.24) is 24.9 Å². The van der Waals surface area contributed by atoms with Crippen molar-refractivity contribution in [3.05, 3.63) is 100 Å². The van der Waals surface area contributed by atoms with Crippen LogP contribution in [0.4, 0.5) is 9.18 Å². The first-order chi connectivity index (χ1) is 21.9. The molecule has 0 aliphatic carbocycles. The zero-order valence-corrected chi connectivity index (χ0v) is 24.5. The third-order valence-electron chi connectivity index (χ3n) is 8.15. The van der Waals surface area contributed by atoms with E-state index in [0.29, 0.717) is 30.2 Å². The Bertz CT molecular complexity index is 1770. The Labute approximate surface area is 258 Å². The lowest BCUT2D eigenvalue weighted by Gasteiger charge is -2.39. The highest BCUT2D eigenvalue weighted by molar-refractivity contribution is 5.95. The van der Waals surface area contributed by atoms with Crippen LogP contribution in [-0.4, -0.2) is 82.1 Å². The number of fused-ring (bicyclic) bond motifs is 1. The van der Waals surface area contributed by atoms with Crippen molar-refractivity contribution in [1.29, 1.82) is 0 Å². The molecule has 3 amide bonds. The third kappa shape index (κ3) is 6.49. The van der Waals surface area contributed by atoms with Crippen molar-refractivity contribution in [3.8, 4) is 11.6 Å². The number of rotatable bonds is 6. The van der Waals surface area contributed by atoms with E-state index in [1.165, 1.54) is 23.1 Å². The summed E-state index contributed by atoms with van der Waals surface area (Å²) in [5.41, 5.74) is 0.329. The van der Waals surface area contributed by atoms with E-state index in [0.717, 1.165) is 5.56 Å².